The van der Waals surface area contributed by atoms with Crippen LogP contribution in [0.4, 0.5) is 24.7 Å². The van der Waals surface area contributed by atoms with Crippen molar-refractivity contribution in [1.29, 1.82) is 0 Å². The lowest BCUT2D eigenvalue weighted by Gasteiger charge is -2.22. The van der Waals surface area contributed by atoms with Gasteiger partial charge in [0.25, 0.3) is 5.91 Å². The zero-order valence-corrected chi connectivity index (χ0v) is 17.1. The number of alkyl halides is 3. The van der Waals surface area contributed by atoms with Gasteiger partial charge in [-0.25, -0.2) is 4.98 Å². The summed E-state index contributed by atoms with van der Waals surface area (Å²) in [6, 6.07) is 9.09. The van der Waals surface area contributed by atoms with Gasteiger partial charge in [-0.1, -0.05) is 6.07 Å². The number of rotatable bonds is 5. The summed E-state index contributed by atoms with van der Waals surface area (Å²) in [6.07, 6.45) is -2.81. The number of benzene rings is 1. The predicted octanol–water partition coefficient (Wildman–Crippen LogP) is 2.61. The van der Waals surface area contributed by atoms with Crippen LogP contribution < -0.4 is 15.5 Å². The quantitative estimate of drug-likeness (QED) is 0.755. The van der Waals surface area contributed by atoms with E-state index in [2.05, 4.69) is 15.6 Å². The highest BCUT2D eigenvalue weighted by Gasteiger charge is 2.31. The molecule has 2 amide bonds. The van der Waals surface area contributed by atoms with Crippen molar-refractivity contribution in [3.8, 4) is 0 Å². The van der Waals surface area contributed by atoms with Crippen molar-refractivity contribution in [1.82, 2.24) is 15.2 Å². The third-order valence-corrected chi connectivity index (χ3v) is 4.99. The highest BCUT2D eigenvalue weighted by molar-refractivity contribution is 5.97. The molecule has 10 heteroatoms. The van der Waals surface area contributed by atoms with Crippen molar-refractivity contribution >= 4 is 23.3 Å². The van der Waals surface area contributed by atoms with Gasteiger partial charge in [0.1, 0.15) is 5.82 Å². The summed E-state index contributed by atoms with van der Waals surface area (Å²) in [5.41, 5.74) is 0.219. The van der Waals surface area contributed by atoms with E-state index in [1.807, 2.05) is 9.80 Å². The first kappa shape index (κ1) is 22.5. The first-order chi connectivity index (χ1) is 14.8. The Morgan fingerprint density at radius 3 is 2.58 bits per heavy atom. The van der Waals surface area contributed by atoms with Gasteiger partial charge in [-0.3, -0.25) is 14.5 Å². The molecule has 0 spiro atoms. The number of carbonyl (C=O) groups excluding carboxylic acids is 2. The number of aromatic nitrogens is 1. The summed E-state index contributed by atoms with van der Waals surface area (Å²) >= 11 is 0. The summed E-state index contributed by atoms with van der Waals surface area (Å²) in [6.45, 7) is 2.64. The fourth-order valence-corrected chi connectivity index (χ4v) is 3.39. The number of amides is 2. The standard InChI is InChI=1S/C21H24F3N5O2/c1-25-20(31)15-4-2-5-17(12-15)27-19(30)14-28-8-3-9-29(11-10-28)18-7-6-16(13-26-18)21(22,23)24/h2,4-7,12-13H,3,8-11,14H2,1H3,(H,25,31)(H,27,30). The Kier molecular flexibility index (Phi) is 7.11. The van der Waals surface area contributed by atoms with Crippen LogP contribution in [0.15, 0.2) is 42.6 Å². The molecule has 3 rings (SSSR count). The minimum Gasteiger partial charge on any atom is -0.355 e. The summed E-state index contributed by atoms with van der Waals surface area (Å²) in [5.74, 6) is 0.0565. The smallest absolute Gasteiger partial charge is 0.355 e. The van der Waals surface area contributed by atoms with Crippen LogP contribution in [0, 0.1) is 0 Å². The highest BCUT2D eigenvalue weighted by atomic mass is 19.4. The number of nitrogens with zero attached hydrogens (tertiary/aromatic N) is 3. The second kappa shape index (κ2) is 9.78. The van der Waals surface area contributed by atoms with Crippen molar-refractivity contribution < 1.29 is 22.8 Å². The van der Waals surface area contributed by atoms with E-state index in [9.17, 15) is 22.8 Å². The van der Waals surface area contributed by atoms with E-state index in [0.29, 0.717) is 43.2 Å². The molecule has 31 heavy (non-hydrogen) atoms. The van der Waals surface area contributed by atoms with Crippen LogP contribution in [0.5, 0.6) is 0 Å². The van der Waals surface area contributed by atoms with Crippen LogP contribution in [0.1, 0.15) is 22.3 Å². The Labute approximate surface area is 178 Å². The van der Waals surface area contributed by atoms with Gasteiger partial charge in [-0.15, -0.1) is 0 Å². The molecule has 1 aliphatic rings. The number of pyridine rings is 1. The molecule has 1 fully saturated rings. The van der Waals surface area contributed by atoms with E-state index in [0.717, 1.165) is 18.7 Å². The van der Waals surface area contributed by atoms with Gasteiger partial charge in [-0.2, -0.15) is 13.2 Å². The Balaban J connectivity index is 1.54. The van der Waals surface area contributed by atoms with Crippen molar-refractivity contribution in [3.05, 3.63) is 53.7 Å². The maximum absolute atomic E-state index is 12.7. The summed E-state index contributed by atoms with van der Waals surface area (Å²) in [5, 5.41) is 5.34. The maximum Gasteiger partial charge on any atom is 0.417 e. The predicted molar refractivity (Wildman–Crippen MR) is 111 cm³/mol. The number of nitrogens with one attached hydrogen (secondary N) is 2. The lowest BCUT2D eigenvalue weighted by molar-refractivity contribution is -0.137. The topological polar surface area (TPSA) is 77.6 Å². The lowest BCUT2D eigenvalue weighted by Crippen LogP contribution is -2.36. The third-order valence-electron chi connectivity index (χ3n) is 4.99. The Morgan fingerprint density at radius 2 is 1.90 bits per heavy atom. The average molecular weight is 435 g/mol. The molecule has 1 aromatic carbocycles. The average Bonchev–Trinajstić information content (AvgIpc) is 2.98. The third kappa shape index (κ3) is 6.17. The first-order valence-corrected chi connectivity index (χ1v) is 9.89. The van der Waals surface area contributed by atoms with Crippen molar-refractivity contribution in [3.63, 3.8) is 0 Å². The minimum absolute atomic E-state index is 0.179. The Bertz CT molecular complexity index is 918. The molecule has 2 aromatic rings. The molecule has 166 valence electrons. The van der Waals surface area contributed by atoms with Gasteiger partial charge < -0.3 is 15.5 Å². The molecule has 7 nitrogen and oxygen atoms in total. The number of anilines is 2. The van der Waals surface area contributed by atoms with Crippen LogP contribution in [-0.2, 0) is 11.0 Å². The van der Waals surface area contributed by atoms with E-state index < -0.39 is 11.7 Å². The van der Waals surface area contributed by atoms with Crippen molar-refractivity contribution in [2.75, 3.05) is 50.0 Å². The van der Waals surface area contributed by atoms with Crippen molar-refractivity contribution in [2.24, 2.45) is 0 Å². The number of hydrogen-bond donors (Lipinski definition) is 2. The number of hydrogen-bond acceptors (Lipinski definition) is 5. The molecule has 1 aromatic heterocycles. The van der Waals surface area contributed by atoms with Crippen LogP contribution >= 0.6 is 0 Å². The molecule has 0 bridgehead atoms. The van der Waals surface area contributed by atoms with Gasteiger partial charge in [0, 0.05) is 50.7 Å². The Morgan fingerprint density at radius 1 is 1.10 bits per heavy atom. The zero-order chi connectivity index (χ0) is 22.4. The first-order valence-electron chi connectivity index (χ1n) is 9.89. The summed E-state index contributed by atoms with van der Waals surface area (Å²) in [4.78, 5) is 32.0. The van der Waals surface area contributed by atoms with E-state index >= 15 is 0 Å². The molecule has 0 aliphatic carbocycles. The van der Waals surface area contributed by atoms with E-state index in [-0.39, 0.29) is 18.4 Å². The molecule has 1 saturated heterocycles. The zero-order valence-electron chi connectivity index (χ0n) is 17.1. The fourth-order valence-electron chi connectivity index (χ4n) is 3.39. The minimum atomic E-state index is -4.41. The van der Waals surface area contributed by atoms with Crippen LogP contribution in [-0.4, -0.2) is 61.5 Å². The monoisotopic (exact) mass is 435 g/mol. The normalized spacial score (nSPS) is 15.3. The Hall–Kier alpha value is -3.14. The molecule has 0 atom stereocenters. The molecular weight excluding hydrogens is 411 g/mol. The van der Waals surface area contributed by atoms with Crippen LogP contribution in [0.2, 0.25) is 0 Å². The van der Waals surface area contributed by atoms with Gasteiger partial charge in [0.2, 0.25) is 5.91 Å². The lowest BCUT2D eigenvalue weighted by atomic mass is 10.2. The van der Waals surface area contributed by atoms with Gasteiger partial charge >= 0.3 is 6.18 Å². The molecule has 0 unspecified atom stereocenters. The summed E-state index contributed by atoms with van der Waals surface area (Å²) < 4.78 is 38.2. The SMILES string of the molecule is CNC(=O)c1cccc(NC(=O)CN2CCCN(c3ccc(C(F)(F)F)cn3)CC2)c1. The second-order valence-electron chi connectivity index (χ2n) is 7.23. The second-order valence-corrected chi connectivity index (χ2v) is 7.23. The van der Waals surface area contributed by atoms with Crippen LogP contribution in [0.3, 0.4) is 0 Å². The maximum atomic E-state index is 12.7. The van der Waals surface area contributed by atoms with Crippen molar-refractivity contribution in [2.45, 2.75) is 12.6 Å². The highest BCUT2D eigenvalue weighted by Crippen LogP contribution is 2.29. The van der Waals surface area contributed by atoms with Gasteiger partial charge in [0.05, 0.1) is 12.1 Å². The summed E-state index contributed by atoms with van der Waals surface area (Å²) in [7, 11) is 1.54. The number of halogens is 3. The molecule has 1 aliphatic heterocycles. The van der Waals surface area contributed by atoms with E-state index in [1.165, 1.54) is 13.1 Å². The molecule has 0 radical (unpaired) electrons. The molecule has 2 N–H and O–H groups in total. The van der Waals surface area contributed by atoms with Gasteiger partial charge in [-0.05, 0) is 36.8 Å². The van der Waals surface area contributed by atoms with E-state index in [4.69, 9.17) is 0 Å². The van der Waals surface area contributed by atoms with E-state index in [1.54, 1.807) is 24.3 Å². The van der Waals surface area contributed by atoms with Gasteiger partial charge in [0.15, 0.2) is 0 Å². The molecule has 2 heterocycles. The van der Waals surface area contributed by atoms with Crippen LogP contribution in [0.25, 0.3) is 0 Å². The molecule has 0 saturated carbocycles. The number of carbonyl (C=O) groups is 2. The largest absolute Gasteiger partial charge is 0.417 e. The molecular formula is C21H24F3N5O2. The fraction of sp³-hybridized carbons (Fsp3) is 0.381.